The Bertz CT molecular complexity index is 600. The number of hydrogen-bond donors (Lipinski definition) is 0. The molecule has 0 radical (unpaired) electrons. The fourth-order valence-electron chi connectivity index (χ4n) is 2.15. The molecular weight excluding hydrogens is 216 g/mol. The van der Waals surface area contributed by atoms with Crippen molar-refractivity contribution in [1.29, 1.82) is 0 Å². The molecule has 0 fully saturated rings. The molecule has 0 saturated carbocycles. The summed E-state index contributed by atoms with van der Waals surface area (Å²) in [5.41, 5.74) is 3.89. The molecule has 2 aromatic rings. The maximum absolute atomic E-state index is 2.27. The van der Waals surface area contributed by atoms with Gasteiger partial charge >= 0.3 is 0 Å². The highest BCUT2D eigenvalue weighted by molar-refractivity contribution is 5.88. The summed E-state index contributed by atoms with van der Waals surface area (Å²) < 4.78 is 0. The van der Waals surface area contributed by atoms with Gasteiger partial charge in [-0.2, -0.15) is 0 Å². The highest BCUT2D eigenvalue weighted by atomic mass is 14.0. The van der Waals surface area contributed by atoms with E-state index in [0.29, 0.717) is 0 Å². The normalized spacial score (nSPS) is 12.5. The molecule has 0 aliphatic carbocycles. The quantitative estimate of drug-likeness (QED) is 0.616. The van der Waals surface area contributed by atoms with Crippen molar-refractivity contribution in [3.8, 4) is 0 Å². The van der Waals surface area contributed by atoms with Crippen molar-refractivity contribution >= 4 is 16.3 Å². The molecule has 0 aliphatic rings. The van der Waals surface area contributed by atoms with Gasteiger partial charge in [0.1, 0.15) is 0 Å². The van der Waals surface area contributed by atoms with Crippen LogP contribution < -0.4 is 0 Å². The summed E-state index contributed by atoms with van der Waals surface area (Å²) in [4.78, 5) is 0. The molecule has 0 saturated heterocycles. The Morgan fingerprint density at radius 2 is 1.78 bits per heavy atom. The Hall–Kier alpha value is -1.82. The van der Waals surface area contributed by atoms with Gasteiger partial charge in [-0.05, 0) is 48.2 Å². The lowest BCUT2D eigenvalue weighted by molar-refractivity contribution is 1.22. The largest absolute Gasteiger partial charge is 0.0842 e. The molecule has 0 bridgehead atoms. The highest BCUT2D eigenvalue weighted by Crippen LogP contribution is 2.23. The van der Waals surface area contributed by atoms with Crippen LogP contribution in [0, 0.1) is 6.92 Å². The SMILES string of the molecule is C/C=C(\C=C/CC)c1ccc2cc(C)ccc2c1. The van der Waals surface area contributed by atoms with E-state index < -0.39 is 0 Å². The number of allylic oxidation sites excluding steroid dienone is 4. The van der Waals surface area contributed by atoms with Gasteiger partial charge in [0, 0.05) is 0 Å². The van der Waals surface area contributed by atoms with Crippen molar-refractivity contribution in [3.63, 3.8) is 0 Å². The first-order chi connectivity index (χ1) is 8.74. The third-order valence-electron chi connectivity index (χ3n) is 3.17. The number of benzene rings is 2. The summed E-state index contributed by atoms with van der Waals surface area (Å²) in [5, 5.41) is 2.62. The molecule has 92 valence electrons. The molecule has 0 atom stereocenters. The average Bonchev–Trinajstić information content (AvgIpc) is 2.39. The number of hydrogen-bond acceptors (Lipinski definition) is 0. The molecule has 0 heteroatoms. The summed E-state index contributed by atoms with van der Waals surface area (Å²) in [7, 11) is 0. The minimum Gasteiger partial charge on any atom is -0.0842 e. The standard InChI is InChI=1S/C18H20/c1-4-6-7-15(5-2)17-11-10-16-12-14(3)8-9-18(16)13-17/h5-13H,4H2,1-3H3/b7-6-,15-5+. The van der Waals surface area contributed by atoms with Crippen molar-refractivity contribution in [2.45, 2.75) is 27.2 Å². The van der Waals surface area contributed by atoms with Crippen LogP contribution >= 0.6 is 0 Å². The summed E-state index contributed by atoms with van der Waals surface area (Å²) in [6.07, 6.45) is 7.65. The number of aryl methyl sites for hydroxylation is 1. The Balaban J connectivity index is 2.46. The highest BCUT2D eigenvalue weighted by Gasteiger charge is 1.99. The Labute approximate surface area is 110 Å². The molecule has 0 nitrogen and oxygen atoms in total. The van der Waals surface area contributed by atoms with Crippen LogP contribution in [-0.2, 0) is 0 Å². The second-order valence-electron chi connectivity index (χ2n) is 4.62. The fourth-order valence-corrected chi connectivity index (χ4v) is 2.15. The predicted octanol–water partition coefficient (Wildman–Crippen LogP) is 5.52. The second kappa shape index (κ2) is 5.68. The Morgan fingerprint density at radius 3 is 2.50 bits per heavy atom. The second-order valence-corrected chi connectivity index (χ2v) is 4.62. The zero-order valence-electron chi connectivity index (χ0n) is 11.4. The lowest BCUT2D eigenvalue weighted by atomic mass is 9.99. The lowest BCUT2D eigenvalue weighted by Crippen LogP contribution is -1.82. The van der Waals surface area contributed by atoms with E-state index in [0.717, 1.165) is 6.42 Å². The van der Waals surface area contributed by atoms with Gasteiger partial charge in [-0.25, -0.2) is 0 Å². The molecule has 0 N–H and O–H groups in total. The molecular formula is C18H20. The number of fused-ring (bicyclic) bond motifs is 1. The maximum atomic E-state index is 2.27. The zero-order valence-corrected chi connectivity index (χ0v) is 11.4. The first-order valence-corrected chi connectivity index (χ1v) is 6.58. The zero-order chi connectivity index (χ0) is 13.0. The Morgan fingerprint density at radius 1 is 1.06 bits per heavy atom. The first-order valence-electron chi connectivity index (χ1n) is 6.58. The van der Waals surface area contributed by atoms with Crippen molar-refractivity contribution in [2.75, 3.05) is 0 Å². The molecule has 0 aromatic heterocycles. The third kappa shape index (κ3) is 2.70. The maximum Gasteiger partial charge on any atom is -0.0178 e. The minimum atomic E-state index is 1.07. The van der Waals surface area contributed by atoms with Crippen LogP contribution in [0.1, 0.15) is 31.4 Å². The van der Waals surface area contributed by atoms with Gasteiger partial charge in [0.15, 0.2) is 0 Å². The van der Waals surface area contributed by atoms with Crippen molar-refractivity contribution in [3.05, 3.63) is 65.8 Å². The van der Waals surface area contributed by atoms with E-state index in [1.54, 1.807) is 0 Å². The van der Waals surface area contributed by atoms with Gasteiger partial charge in [0.05, 0.1) is 0 Å². The molecule has 0 spiro atoms. The minimum absolute atomic E-state index is 1.07. The monoisotopic (exact) mass is 236 g/mol. The van der Waals surface area contributed by atoms with Gasteiger partial charge in [0.2, 0.25) is 0 Å². The predicted molar refractivity (Wildman–Crippen MR) is 81.8 cm³/mol. The molecule has 2 aromatic carbocycles. The van der Waals surface area contributed by atoms with E-state index in [2.05, 4.69) is 75.4 Å². The topological polar surface area (TPSA) is 0 Å². The summed E-state index contributed by atoms with van der Waals surface area (Å²) in [6.45, 7) is 6.39. The summed E-state index contributed by atoms with van der Waals surface area (Å²) in [6, 6.07) is 13.3. The van der Waals surface area contributed by atoms with Gasteiger partial charge in [-0.3, -0.25) is 0 Å². The molecule has 0 amide bonds. The van der Waals surface area contributed by atoms with Gasteiger partial charge in [-0.15, -0.1) is 0 Å². The summed E-state index contributed by atoms with van der Waals surface area (Å²) >= 11 is 0. The van der Waals surface area contributed by atoms with Crippen molar-refractivity contribution < 1.29 is 0 Å². The number of rotatable bonds is 3. The third-order valence-corrected chi connectivity index (χ3v) is 3.17. The van der Waals surface area contributed by atoms with E-state index >= 15 is 0 Å². The molecule has 0 unspecified atom stereocenters. The van der Waals surface area contributed by atoms with Crippen LogP contribution in [0.5, 0.6) is 0 Å². The van der Waals surface area contributed by atoms with E-state index in [9.17, 15) is 0 Å². The van der Waals surface area contributed by atoms with Crippen LogP contribution in [-0.4, -0.2) is 0 Å². The van der Waals surface area contributed by atoms with Crippen LogP contribution in [0.15, 0.2) is 54.6 Å². The van der Waals surface area contributed by atoms with E-state index in [1.807, 2.05) is 0 Å². The molecule has 0 aliphatic heterocycles. The van der Waals surface area contributed by atoms with Crippen molar-refractivity contribution in [2.24, 2.45) is 0 Å². The Kier molecular flexibility index (Phi) is 3.99. The van der Waals surface area contributed by atoms with Crippen LogP contribution in [0.3, 0.4) is 0 Å². The van der Waals surface area contributed by atoms with Crippen LogP contribution in [0.2, 0.25) is 0 Å². The van der Waals surface area contributed by atoms with Crippen LogP contribution in [0.4, 0.5) is 0 Å². The van der Waals surface area contributed by atoms with Crippen LogP contribution in [0.25, 0.3) is 16.3 Å². The van der Waals surface area contributed by atoms with E-state index in [1.165, 1.54) is 27.5 Å². The molecule has 0 heterocycles. The van der Waals surface area contributed by atoms with E-state index in [4.69, 9.17) is 0 Å². The smallest absolute Gasteiger partial charge is 0.0178 e. The lowest BCUT2D eigenvalue weighted by Gasteiger charge is -2.05. The average molecular weight is 236 g/mol. The fraction of sp³-hybridized carbons (Fsp3) is 0.222. The van der Waals surface area contributed by atoms with Gasteiger partial charge in [-0.1, -0.05) is 61.0 Å². The first kappa shape index (κ1) is 12.6. The van der Waals surface area contributed by atoms with Crippen molar-refractivity contribution in [1.82, 2.24) is 0 Å². The van der Waals surface area contributed by atoms with Gasteiger partial charge in [0.25, 0.3) is 0 Å². The van der Waals surface area contributed by atoms with Gasteiger partial charge < -0.3 is 0 Å². The summed E-state index contributed by atoms with van der Waals surface area (Å²) in [5.74, 6) is 0. The van der Waals surface area contributed by atoms with E-state index in [-0.39, 0.29) is 0 Å². The molecule has 2 rings (SSSR count). The molecule has 18 heavy (non-hydrogen) atoms.